The van der Waals surface area contributed by atoms with Gasteiger partial charge < -0.3 is 57.6 Å². The summed E-state index contributed by atoms with van der Waals surface area (Å²) >= 11 is 10.9. The van der Waals surface area contributed by atoms with Crippen molar-refractivity contribution < 1.29 is 57.6 Å². The summed E-state index contributed by atoms with van der Waals surface area (Å²) in [6.45, 7) is 0.389. The van der Waals surface area contributed by atoms with Gasteiger partial charge in [-0.3, -0.25) is 0 Å². The molecule has 0 amide bonds. The molecule has 2 aromatic rings. The van der Waals surface area contributed by atoms with E-state index < -0.39 is 74.0 Å². The Kier molecular flexibility index (Phi) is 11.8. The molecule has 2 N–H and O–H groups in total. The maximum absolute atomic E-state index is 11.3. The summed E-state index contributed by atoms with van der Waals surface area (Å²) in [5.41, 5.74) is 1.63. The van der Waals surface area contributed by atoms with Crippen molar-refractivity contribution in [1.29, 1.82) is 0 Å². The number of aliphatic hydroxyl groups is 2. The van der Waals surface area contributed by atoms with Crippen LogP contribution in [0.2, 0.25) is 0 Å². The highest BCUT2D eigenvalue weighted by atomic mass is 33.1. The van der Waals surface area contributed by atoms with Crippen molar-refractivity contribution in [2.75, 3.05) is 27.4 Å². The van der Waals surface area contributed by atoms with Gasteiger partial charge in [-0.25, -0.2) is 0 Å². The first-order valence-electron chi connectivity index (χ1n) is 14.5. The lowest BCUT2D eigenvalue weighted by molar-refractivity contribution is -0.355. The van der Waals surface area contributed by atoms with Crippen molar-refractivity contribution in [3.8, 4) is 0 Å². The average molecular weight is 715 g/mol. The quantitative estimate of drug-likeness (QED) is 0.334. The summed E-state index contributed by atoms with van der Waals surface area (Å²) in [6, 6.07) is 18.8. The van der Waals surface area contributed by atoms with Crippen LogP contribution in [-0.4, -0.2) is 108 Å². The molecular formula is C30H34O12S4. The fraction of sp³-hybridized carbons (Fsp3) is 0.533. The first kappa shape index (κ1) is 34.4. The van der Waals surface area contributed by atoms with E-state index in [4.69, 9.17) is 71.8 Å². The topological polar surface area (TPSA) is 133 Å². The third-order valence-corrected chi connectivity index (χ3v) is 10.9. The molecule has 0 radical (unpaired) electrons. The Morgan fingerprint density at radius 1 is 0.652 bits per heavy atom. The lowest BCUT2D eigenvalue weighted by Crippen LogP contribution is -2.63. The monoisotopic (exact) mass is 714 g/mol. The van der Waals surface area contributed by atoms with E-state index in [1.807, 2.05) is 60.7 Å². The lowest BCUT2D eigenvalue weighted by atomic mass is 9.97. The van der Waals surface area contributed by atoms with Crippen LogP contribution in [0.15, 0.2) is 60.7 Å². The average Bonchev–Trinajstić information content (AvgIpc) is 3.10. The van der Waals surface area contributed by atoms with Crippen LogP contribution in [0.1, 0.15) is 23.7 Å². The number of ether oxygens (including phenoxy) is 10. The Bertz CT molecular complexity index is 1210. The third-order valence-electron chi connectivity index (χ3n) is 7.87. The van der Waals surface area contributed by atoms with E-state index in [9.17, 15) is 10.2 Å². The van der Waals surface area contributed by atoms with Crippen LogP contribution >= 0.6 is 46.0 Å². The van der Waals surface area contributed by atoms with Gasteiger partial charge in [0.25, 0.3) is 0 Å². The maximum Gasteiger partial charge on any atom is 0.231 e. The number of aliphatic hydroxyl groups excluding tert-OH is 2. The molecule has 12 unspecified atom stereocenters. The van der Waals surface area contributed by atoms with E-state index in [2.05, 4.69) is 0 Å². The van der Waals surface area contributed by atoms with Crippen molar-refractivity contribution in [2.45, 2.75) is 74.0 Å². The molecule has 0 spiro atoms. The van der Waals surface area contributed by atoms with Gasteiger partial charge in [0.2, 0.25) is 8.77 Å². The summed E-state index contributed by atoms with van der Waals surface area (Å²) in [6.07, 6.45) is -10.2. The van der Waals surface area contributed by atoms with Crippen molar-refractivity contribution in [2.24, 2.45) is 0 Å². The van der Waals surface area contributed by atoms with Crippen LogP contribution in [0.5, 0.6) is 0 Å². The third kappa shape index (κ3) is 7.71. The molecule has 250 valence electrons. The smallest absolute Gasteiger partial charge is 0.231 e. The second-order valence-electron chi connectivity index (χ2n) is 10.7. The first-order valence-corrected chi connectivity index (χ1v) is 17.4. The summed E-state index contributed by atoms with van der Waals surface area (Å²) in [4.78, 5) is 0. The summed E-state index contributed by atoms with van der Waals surface area (Å²) in [7, 11) is 4.88. The van der Waals surface area contributed by atoms with Crippen molar-refractivity contribution in [3.63, 3.8) is 0 Å². The fourth-order valence-electron chi connectivity index (χ4n) is 5.65. The SMILES string of the molecule is COC1OC2COC(c3ccccc3)OC2C(O)C1OC(=S)SSC(=S)OC1C(OC)OC2COC(c3ccccc3)OC2C1O. The van der Waals surface area contributed by atoms with Gasteiger partial charge in [-0.05, 0) is 24.4 Å². The molecule has 4 aliphatic heterocycles. The van der Waals surface area contributed by atoms with Gasteiger partial charge in [0, 0.05) is 46.9 Å². The second kappa shape index (κ2) is 15.8. The second-order valence-corrected chi connectivity index (χ2v) is 14.1. The number of hydrogen-bond acceptors (Lipinski definition) is 16. The number of benzene rings is 2. The summed E-state index contributed by atoms with van der Waals surface area (Å²) in [5.74, 6) is 0. The zero-order valence-electron chi connectivity index (χ0n) is 24.7. The minimum Gasteiger partial charge on any atom is -0.466 e. The zero-order chi connectivity index (χ0) is 32.2. The van der Waals surface area contributed by atoms with E-state index in [-0.39, 0.29) is 22.0 Å². The van der Waals surface area contributed by atoms with Gasteiger partial charge in [0.15, 0.2) is 37.4 Å². The predicted molar refractivity (Wildman–Crippen MR) is 173 cm³/mol. The van der Waals surface area contributed by atoms with Gasteiger partial charge in [-0.2, -0.15) is 0 Å². The summed E-state index contributed by atoms with van der Waals surface area (Å²) < 4.78 is 58.7. The van der Waals surface area contributed by atoms with E-state index in [0.717, 1.165) is 32.7 Å². The van der Waals surface area contributed by atoms with Gasteiger partial charge >= 0.3 is 0 Å². The highest BCUT2D eigenvalue weighted by Gasteiger charge is 2.52. The maximum atomic E-state index is 11.3. The number of fused-ring (bicyclic) bond motifs is 2. The molecule has 0 bridgehead atoms. The van der Waals surface area contributed by atoms with Crippen molar-refractivity contribution in [1.82, 2.24) is 0 Å². The molecule has 12 atom stereocenters. The minimum absolute atomic E-state index is 0.0398. The molecule has 4 aliphatic rings. The Morgan fingerprint density at radius 3 is 1.41 bits per heavy atom. The largest absolute Gasteiger partial charge is 0.466 e. The van der Waals surface area contributed by atoms with Gasteiger partial charge in [-0.1, -0.05) is 60.7 Å². The van der Waals surface area contributed by atoms with Crippen LogP contribution in [-0.2, 0) is 47.4 Å². The minimum atomic E-state index is -1.14. The lowest BCUT2D eigenvalue weighted by Gasteiger charge is -2.47. The van der Waals surface area contributed by atoms with E-state index in [1.165, 1.54) is 14.2 Å². The number of hydrogen-bond donors (Lipinski definition) is 2. The van der Waals surface area contributed by atoms with Gasteiger partial charge in [0.05, 0.1) is 13.2 Å². The van der Waals surface area contributed by atoms with E-state index in [0.29, 0.717) is 0 Å². The molecule has 46 heavy (non-hydrogen) atoms. The number of methoxy groups -OCH3 is 2. The molecule has 4 heterocycles. The van der Waals surface area contributed by atoms with Crippen LogP contribution in [0, 0.1) is 0 Å². The Labute approximate surface area is 284 Å². The van der Waals surface area contributed by atoms with Crippen molar-refractivity contribution >= 4 is 54.8 Å². The molecular weight excluding hydrogens is 681 g/mol. The van der Waals surface area contributed by atoms with Crippen LogP contribution < -0.4 is 0 Å². The fourth-order valence-corrected chi connectivity index (χ4v) is 7.57. The molecule has 12 nitrogen and oxygen atoms in total. The molecule has 2 aromatic carbocycles. The molecule has 6 rings (SSSR count). The molecule has 0 saturated carbocycles. The number of thiocarbonyl (C=S) groups is 2. The number of rotatable bonds is 6. The first-order chi connectivity index (χ1) is 22.4. The van der Waals surface area contributed by atoms with Crippen LogP contribution in [0.25, 0.3) is 0 Å². The molecule has 16 heteroatoms. The Morgan fingerprint density at radius 2 is 1.04 bits per heavy atom. The Hall–Kier alpha value is -1.48. The van der Waals surface area contributed by atoms with Gasteiger partial charge in [-0.15, -0.1) is 0 Å². The molecule has 0 aliphatic carbocycles. The van der Waals surface area contributed by atoms with E-state index >= 15 is 0 Å². The predicted octanol–water partition coefficient (Wildman–Crippen LogP) is 3.40. The molecule has 4 saturated heterocycles. The normalized spacial score (nSPS) is 37.4. The van der Waals surface area contributed by atoms with Crippen LogP contribution in [0.4, 0.5) is 0 Å². The van der Waals surface area contributed by atoms with Gasteiger partial charge in [0.1, 0.15) is 36.6 Å². The van der Waals surface area contributed by atoms with Crippen LogP contribution in [0.3, 0.4) is 0 Å². The zero-order valence-corrected chi connectivity index (χ0v) is 28.0. The highest BCUT2D eigenvalue weighted by Crippen LogP contribution is 2.39. The summed E-state index contributed by atoms with van der Waals surface area (Å²) in [5, 5.41) is 22.6. The van der Waals surface area contributed by atoms with Crippen molar-refractivity contribution in [3.05, 3.63) is 71.8 Å². The highest BCUT2D eigenvalue weighted by molar-refractivity contribution is 8.89. The van der Waals surface area contributed by atoms with E-state index in [1.54, 1.807) is 0 Å². The molecule has 0 aromatic heterocycles. The molecule has 4 fully saturated rings. The Balaban J connectivity index is 1.03. The standard InChI is InChI=1S/C30H34O12S4/c1-33-27-23(19(31)21-17(37-27)13-35-25(39-21)15-9-5-3-6-10-15)41-29(43)45-46-30(44)42-24-20(32)22-18(38-28(24)34-2)14-36-26(40-22)16-11-7-4-8-12-16/h3-12,17-28,31-32H,13-14H2,1-2H3.